The number of likely N-dealkylation sites (N-methyl/N-ethyl adjacent to an activating group) is 1. The first-order valence-electron chi connectivity index (χ1n) is 7.12. The molecular weight excluding hydrogens is 255 g/mol. The monoisotopic (exact) mass is 282 g/mol. The van der Waals surface area contributed by atoms with Gasteiger partial charge in [-0.2, -0.15) is 0 Å². The molecule has 0 bridgehead atoms. The van der Waals surface area contributed by atoms with Gasteiger partial charge in [-0.15, -0.1) is 0 Å². The lowest BCUT2D eigenvalue weighted by Gasteiger charge is -2.29. The Kier molecular flexibility index (Phi) is 5.96. The van der Waals surface area contributed by atoms with Gasteiger partial charge >= 0.3 is 0 Å². The number of para-hydroxylation sites is 1. The molecule has 114 valence electrons. The van der Waals surface area contributed by atoms with E-state index < -0.39 is 5.60 Å². The van der Waals surface area contributed by atoms with Crippen LogP contribution in [-0.2, 0) is 6.54 Å². The van der Waals surface area contributed by atoms with Crippen molar-refractivity contribution in [1.82, 2.24) is 5.32 Å². The maximum Gasteiger partial charge on any atom is 0.146 e. The SMILES string of the molecule is CC(C)CNCc1cccc(F)c1N(C)CC(C)(C)O. The van der Waals surface area contributed by atoms with E-state index >= 15 is 0 Å². The van der Waals surface area contributed by atoms with E-state index in [9.17, 15) is 9.50 Å². The molecule has 0 aromatic heterocycles. The van der Waals surface area contributed by atoms with E-state index in [2.05, 4.69) is 19.2 Å². The summed E-state index contributed by atoms with van der Waals surface area (Å²) in [5.41, 5.74) is 0.614. The zero-order valence-electron chi connectivity index (χ0n) is 13.2. The Morgan fingerprint density at radius 1 is 1.35 bits per heavy atom. The quantitative estimate of drug-likeness (QED) is 0.807. The van der Waals surface area contributed by atoms with E-state index in [0.29, 0.717) is 24.7 Å². The molecule has 1 aromatic carbocycles. The third-order valence-electron chi connectivity index (χ3n) is 2.94. The van der Waals surface area contributed by atoms with Gasteiger partial charge in [0.05, 0.1) is 11.3 Å². The number of nitrogens with zero attached hydrogens (tertiary/aromatic N) is 1. The second kappa shape index (κ2) is 7.04. The second-order valence-corrected chi connectivity index (χ2v) is 6.44. The van der Waals surface area contributed by atoms with Gasteiger partial charge in [-0.1, -0.05) is 26.0 Å². The molecule has 0 fully saturated rings. The number of benzene rings is 1. The molecule has 20 heavy (non-hydrogen) atoms. The maximum atomic E-state index is 14.1. The van der Waals surface area contributed by atoms with Crippen molar-refractivity contribution in [3.05, 3.63) is 29.6 Å². The molecule has 0 radical (unpaired) electrons. The van der Waals surface area contributed by atoms with Crippen LogP contribution in [0, 0.1) is 11.7 Å². The molecule has 0 aliphatic carbocycles. The number of hydrogen-bond acceptors (Lipinski definition) is 3. The van der Waals surface area contributed by atoms with E-state index in [1.807, 2.05) is 13.1 Å². The fourth-order valence-corrected chi connectivity index (χ4v) is 2.29. The highest BCUT2D eigenvalue weighted by molar-refractivity contribution is 5.54. The van der Waals surface area contributed by atoms with Crippen LogP contribution in [0.3, 0.4) is 0 Å². The number of aliphatic hydroxyl groups is 1. The largest absolute Gasteiger partial charge is 0.389 e. The van der Waals surface area contributed by atoms with Crippen LogP contribution in [0.2, 0.25) is 0 Å². The average Bonchev–Trinajstić information content (AvgIpc) is 2.25. The van der Waals surface area contributed by atoms with Crippen LogP contribution in [-0.4, -0.2) is 30.8 Å². The van der Waals surface area contributed by atoms with Gasteiger partial charge in [-0.25, -0.2) is 4.39 Å². The minimum atomic E-state index is -0.861. The van der Waals surface area contributed by atoms with Crippen molar-refractivity contribution >= 4 is 5.69 Å². The summed E-state index contributed by atoms with van der Waals surface area (Å²) in [5, 5.41) is 13.2. The number of anilines is 1. The minimum absolute atomic E-state index is 0.249. The Hall–Kier alpha value is -1.13. The van der Waals surface area contributed by atoms with Crippen LogP contribution in [0.25, 0.3) is 0 Å². The smallest absolute Gasteiger partial charge is 0.146 e. The van der Waals surface area contributed by atoms with Crippen LogP contribution in [0.1, 0.15) is 33.3 Å². The Labute approximate surface area is 121 Å². The first-order valence-corrected chi connectivity index (χ1v) is 7.12. The molecule has 0 saturated heterocycles. The molecular formula is C16H27FN2O. The van der Waals surface area contributed by atoms with Crippen LogP contribution in [0.5, 0.6) is 0 Å². The van der Waals surface area contributed by atoms with Crippen LogP contribution < -0.4 is 10.2 Å². The second-order valence-electron chi connectivity index (χ2n) is 6.44. The summed E-state index contributed by atoms with van der Waals surface area (Å²) in [7, 11) is 1.81. The first-order chi connectivity index (χ1) is 9.20. The normalized spacial score (nSPS) is 12.0. The molecule has 3 nitrogen and oxygen atoms in total. The lowest BCUT2D eigenvalue weighted by molar-refractivity contribution is 0.0884. The van der Waals surface area contributed by atoms with Crippen molar-refractivity contribution in [2.75, 3.05) is 25.0 Å². The van der Waals surface area contributed by atoms with Crippen molar-refractivity contribution in [3.8, 4) is 0 Å². The number of rotatable bonds is 7. The van der Waals surface area contributed by atoms with Gasteiger partial charge in [-0.05, 0) is 37.9 Å². The molecule has 0 saturated carbocycles. The highest BCUT2D eigenvalue weighted by Gasteiger charge is 2.20. The molecule has 0 aliphatic heterocycles. The molecule has 0 amide bonds. The molecule has 0 heterocycles. The number of halogens is 1. The topological polar surface area (TPSA) is 35.5 Å². The molecule has 0 atom stereocenters. The van der Waals surface area contributed by atoms with E-state index in [1.54, 1.807) is 24.8 Å². The lowest BCUT2D eigenvalue weighted by atomic mass is 10.1. The zero-order chi connectivity index (χ0) is 15.3. The van der Waals surface area contributed by atoms with E-state index in [4.69, 9.17) is 0 Å². The molecule has 1 aromatic rings. The standard InChI is InChI=1S/C16H27FN2O/c1-12(2)9-18-10-13-7-6-8-14(17)15(13)19(5)11-16(3,4)20/h6-8,12,18,20H,9-11H2,1-5H3. The Balaban J connectivity index is 2.87. The molecule has 4 heteroatoms. The highest BCUT2D eigenvalue weighted by Crippen LogP contribution is 2.25. The van der Waals surface area contributed by atoms with Gasteiger partial charge in [0.15, 0.2) is 0 Å². The predicted octanol–water partition coefficient (Wildman–Crippen LogP) is 2.78. The zero-order valence-corrected chi connectivity index (χ0v) is 13.2. The summed E-state index contributed by atoms with van der Waals surface area (Å²) in [6.07, 6.45) is 0. The van der Waals surface area contributed by atoms with Crippen LogP contribution >= 0.6 is 0 Å². The molecule has 1 rings (SSSR count). The molecule has 0 aliphatic rings. The molecule has 0 spiro atoms. The summed E-state index contributed by atoms with van der Waals surface area (Å²) in [6, 6.07) is 5.11. The van der Waals surface area contributed by atoms with Crippen LogP contribution in [0.15, 0.2) is 18.2 Å². The van der Waals surface area contributed by atoms with Crippen molar-refractivity contribution < 1.29 is 9.50 Å². The van der Waals surface area contributed by atoms with Gasteiger partial charge < -0.3 is 15.3 Å². The Morgan fingerprint density at radius 2 is 2.00 bits per heavy atom. The first kappa shape index (κ1) is 16.9. The van der Waals surface area contributed by atoms with Crippen molar-refractivity contribution in [3.63, 3.8) is 0 Å². The fourth-order valence-electron chi connectivity index (χ4n) is 2.29. The summed E-state index contributed by atoms with van der Waals surface area (Å²) in [5.74, 6) is 0.307. The summed E-state index contributed by atoms with van der Waals surface area (Å²) in [6.45, 7) is 9.62. The van der Waals surface area contributed by atoms with Crippen molar-refractivity contribution in [2.24, 2.45) is 5.92 Å². The van der Waals surface area contributed by atoms with E-state index in [0.717, 1.165) is 12.1 Å². The van der Waals surface area contributed by atoms with E-state index in [-0.39, 0.29) is 5.82 Å². The molecule has 0 unspecified atom stereocenters. The Morgan fingerprint density at radius 3 is 2.55 bits per heavy atom. The van der Waals surface area contributed by atoms with E-state index in [1.165, 1.54) is 6.07 Å². The van der Waals surface area contributed by atoms with Gasteiger partial charge in [0, 0.05) is 20.1 Å². The Bertz CT molecular complexity index is 427. The third kappa shape index (κ3) is 5.47. The average molecular weight is 282 g/mol. The number of nitrogens with one attached hydrogen (secondary N) is 1. The predicted molar refractivity (Wildman–Crippen MR) is 82.5 cm³/mol. The molecule has 2 N–H and O–H groups in total. The fraction of sp³-hybridized carbons (Fsp3) is 0.625. The van der Waals surface area contributed by atoms with Gasteiger partial charge in [0.2, 0.25) is 0 Å². The lowest BCUT2D eigenvalue weighted by Crippen LogP contribution is -2.37. The van der Waals surface area contributed by atoms with Gasteiger partial charge in [0.25, 0.3) is 0 Å². The van der Waals surface area contributed by atoms with Crippen LogP contribution in [0.4, 0.5) is 10.1 Å². The maximum absolute atomic E-state index is 14.1. The third-order valence-corrected chi connectivity index (χ3v) is 2.94. The summed E-state index contributed by atoms with van der Waals surface area (Å²) < 4.78 is 14.1. The number of hydrogen-bond donors (Lipinski definition) is 2. The van der Waals surface area contributed by atoms with Crippen molar-refractivity contribution in [2.45, 2.75) is 39.8 Å². The summed E-state index contributed by atoms with van der Waals surface area (Å²) >= 11 is 0. The van der Waals surface area contributed by atoms with Gasteiger partial charge in [0.1, 0.15) is 5.82 Å². The van der Waals surface area contributed by atoms with Gasteiger partial charge in [-0.3, -0.25) is 0 Å². The minimum Gasteiger partial charge on any atom is -0.389 e. The highest BCUT2D eigenvalue weighted by atomic mass is 19.1. The van der Waals surface area contributed by atoms with Crippen molar-refractivity contribution in [1.29, 1.82) is 0 Å². The summed E-state index contributed by atoms with van der Waals surface area (Å²) in [4.78, 5) is 1.78.